The summed E-state index contributed by atoms with van der Waals surface area (Å²) in [6.45, 7) is 2.48. The molecule has 1 unspecified atom stereocenters. The van der Waals surface area contributed by atoms with E-state index in [9.17, 15) is 4.79 Å². The summed E-state index contributed by atoms with van der Waals surface area (Å²) in [4.78, 5) is 15.0. The zero-order valence-corrected chi connectivity index (χ0v) is 8.53. The van der Waals surface area contributed by atoms with Crippen LogP contribution in [0.15, 0.2) is 12.4 Å². The highest BCUT2D eigenvalue weighted by atomic mass is 16.1. The van der Waals surface area contributed by atoms with E-state index in [4.69, 9.17) is 5.73 Å². The maximum absolute atomic E-state index is 10.9. The Morgan fingerprint density at radius 2 is 2.50 bits per heavy atom. The number of aryl methyl sites for hydroxylation is 1. The fourth-order valence-corrected chi connectivity index (χ4v) is 1.23. The van der Waals surface area contributed by atoms with Crippen LogP contribution in [0.3, 0.4) is 0 Å². The van der Waals surface area contributed by atoms with Gasteiger partial charge in [-0.1, -0.05) is 6.92 Å². The van der Waals surface area contributed by atoms with Gasteiger partial charge in [-0.2, -0.15) is 0 Å². The third kappa shape index (κ3) is 2.56. The standard InChI is InChI=1S/C9H16N4O/c1-3-7(9(10)14)12-6-8-11-4-5-13(8)2/h4-5,7,12H,3,6H2,1-2H3,(H2,10,14). The Labute approximate surface area is 83.3 Å². The van der Waals surface area contributed by atoms with E-state index in [1.807, 2.05) is 24.7 Å². The zero-order valence-electron chi connectivity index (χ0n) is 8.53. The second-order valence-corrected chi connectivity index (χ2v) is 3.20. The first kappa shape index (κ1) is 10.7. The number of imidazole rings is 1. The first-order valence-corrected chi connectivity index (χ1v) is 4.64. The normalized spacial score (nSPS) is 12.7. The lowest BCUT2D eigenvalue weighted by atomic mass is 10.2. The highest BCUT2D eigenvalue weighted by molar-refractivity contribution is 5.79. The van der Waals surface area contributed by atoms with Crippen molar-refractivity contribution in [2.45, 2.75) is 25.9 Å². The maximum atomic E-state index is 10.9. The predicted molar refractivity (Wildman–Crippen MR) is 53.3 cm³/mol. The van der Waals surface area contributed by atoms with Gasteiger partial charge < -0.3 is 10.3 Å². The van der Waals surface area contributed by atoms with Crippen molar-refractivity contribution in [1.29, 1.82) is 0 Å². The number of nitrogens with two attached hydrogens (primary N) is 1. The second-order valence-electron chi connectivity index (χ2n) is 3.20. The Bertz CT molecular complexity index is 308. The molecule has 1 rings (SSSR count). The van der Waals surface area contributed by atoms with Crippen molar-refractivity contribution in [2.24, 2.45) is 12.8 Å². The number of carbonyl (C=O) groups excluding carboxylic acids is 1. The Morgan fingerprint density at radius 1 is 1.79 bits per heavy atom. The molecule has 0 aliphatic heterocycles. The fraction of sp³-hybridized carbons (Fsp3) is 0.556. The van der Waals surface area contributed by atoms with Gasteiger partial charge >= 0.3 is 0 Å². The van der Waals surface area contributed by atoms with Crippen molar-refractivity contribution in [1.82, 2.24) is 14.9 Å². The summed E-state index contributed by atoms with van der Waals surface area (Å²) in [6.07, 6.45) is 4.28. The minimum Gasteiger partial charge on any atom is -0.368 e. The van der Waals surface area contributed by atoms with Gasteiger partial charge in [-0.3, -0.25) is 10.1 Å². The van der Waals surface area contributed by atoms with E-state index in [0.717, 1.165) is 5.82 Å². The molecule has 0 spiro atoms. The summed E-state index contributed by atoms with van der Waals surface area (Å²) in [5.41, 5.74) is 5.20. The number of hydrogen-bond donors (Lipinski definition) is 2. The number of hydrogen-bond acceptors (Lipinski definition) is 3. The minimum atomic E-state index is -0.318. The van der Waals surface area contributed by atoms with Crippen LogP contribution < -0.4 is 11.1 Å². The average molecular weight is 196 g/mol. The molecule has 1 aromatic heterocycles. The van der Waals surface area contributed by atoms with E-state index < -0.39 is 0 Å². The largest absolute Gasteiger partial charge is 0.368 e. The van der Waals surface area contributed by atoms with E-state index in [0.29, 0.717) is 13.0 Å². The van der Waals surface area contributed by atoms with Crippen molar-refractivity contribution in [2.75, 3.05) is 0 Å². The van der Waals surface area contributed by atoms with Gasteiger partial charge in [0.05, 0.1) is 12.6 Å². The number of primary amides is 1. The Morgan fingerprint density at radius 3 is 2.93 bits per heavy atom. The van der Waals surface area contributed by atoms with Crippen LogP contribution in [0.2, 0.25) is 0 Å². The summed E-state index contributed by atoms with van der Waals surface area (Å²) < 4.78 is 1.90. The summed E-state index contributed by atoms with van der Waals surface area (Å²) >= 11 is 0. The van der Waals surface area contributed by atoms with Gasteiger partial charge in [-0.15, -0.1) is 0 Å². The van der Waals surface area contributed by atoms with Crippen LogP contribution in [0, 0.1) is 0 Å². The first-order valence-electron chi connectivity index (χ1n) is 4.64. The van der Waals surface area contributed by atoms with Crippen LogP contribution in [0.5, 0.6) is 0 Å². The summed E-state index contributed by atoms with van der Waals surface area (Å²) in [5.74, 6) is 0.575. The monoisotopic (exact) mass is 196 g/mol. The smallest absolute Gasteiger partial charge is 0.234 e. The molecule has 3 N–H and O–H groups in total. The molecule has 1 amide bonds. The van der Waals surface area contributed by atoms with Gasteiger partial charge in [0.15, 0.2) is 0 Å². The molecule has 0 aliphatic rings. The summed E-state index contributed by atoms with van der Waals surface area (Å²) in [5, 5.41) is 3.05. The lowest BCUT2D eigenvalue weighted by Gasteiger charge is -2.12. The van der Waals surface area contributed by atoms with Crippen molar-refractivity contribution in [3.05, 3.63) is 18.2 Å². The van der Waals surface area contributed by atoms with Crippen LogP contribution in [0.1, 0.15) is 19.2 Å². The number of nitrogens with one attached hydrogen (secondary N) is 1. The third-order valence-corrected chi connectivity index (χ3v) is 2.18. The highest BCUT2D eigenvalue weighted by Crippen LogP contribution is 1.96. The minimum absolute atomic E-state index is 0.272. The SMILES string of the molecule is CCC(NCc1nccn1C)C(N)=O. The van der Waals surface area contributed by atoms with Crippen LogP contribution in [-0.2, 0) is 18.4 Å². The number of rotatable bonds is 5. The van der Waals surface area contributed by atoms with E-state index >= 15 is 0 Å². The molecule has 0 aromatic carbocycles. The van der Waals surface area contributed by atoms with Crippen molar-refractivity contribution >= 4 is 5.91 Å². The molecule has 78 valence electrons. The number of carbonyl (C=O) groups is 1. The molecule has 1 aromatic rings. The van der Waals surface area contributed by atoms with Gasteiger partial charge in [-0.05, 0) is 6.42 Å². The Hall–Kier alpha value is -1.36. The number of aromatic nitrogens is 2. The third-order valence-electron chi connectivity index (χ3n) is 2.18. The topological polar surface area (TPSA) is 72.9 Å². The van der Waals surface area contributed by atoms with Gasteiger partial charge in [0.2, 0.25) is 5.91 Å². The summed E-state index contributed by atoms with van der Waals surface area (Å²) in [6, 6.07) is -0.272. The molecule has 0 bridgehead atoms. The molecule has 5 nitrogen and oxygen atoms in total. The molecule has 1 atom stereocenters. The second kappa shape index (κ2) is 4.76. The Kier molecular flexibility index (Phi) is 3.64. The maximum Gasteiger partial charge on any atom is 0.234 e. The quantitative estimate of drug-likeness (QED) is 0.683. The van der Waals surface area contributed by atoms with E-state index in [1.54, 1.807) is 6.20 Å². The molecule has 5 heteroatoms. The van der Waals surface area contributed by atoms with Crippen LogP contribution in [-0.4, -0.2) is 21.5 Å². The van der Waals surface area contributed by atoms with Gasteiger partial charge in [-0.25, -0.2) is 4.98 Å². The molecule has 1 heterocycles. The van der Waals surface area contributed by atoms with Gasteiger partial charge in [0, 0.05) is 19.4 Å². The lowest BCUT2D eigenvalue weighted by molar-refractivity contribution is -0.120. The lowest BCUT2D eigenvalue weighted by Crippen LogP contribution is -2.40. The van der Waals surface area contributed by atoms with Crippen LogP contribution >= 0.6 is 0 Å². The molecule has 14 heavy (non-hydrogen) atoms. The van der Waals surface area contributed by atoms with E-state index in [1.165, 1.54) is 0 Å². The number of amides is 1. The van der Waals surface area contributed by atoms with E-state index in [-0.39, 0.29) is 11.9 Å². The Balaban J connectivity index is 2.47. The fourth-order valence-electron chi connectivity index (χ4n) is 1.23. The predicted octanol–water partition coefficient (Wildman–Crippen LogP) is -0.226. The van der Waals surface area contributed by atoms with Crippen molar-refractivity contribution in [3.8, 4) is 0 Å². The van der Waals surface area contributed by atoms with Crippen LogP contribution in [0.4, 0.5) is 0 Å². The van der Waals surface area contributed by atoms with Gasteiger partial charge in [0.1, 0.15) is 5.82 Å². The molecule has 0 radical (unpaired) electrons. The molecular weight excluding hydrogens is 180 g/mol. The van der Waals surface area contributed by atoms with E-state index in [2.05, 4.69) is 10.3 Å². The average Bonchev–Trinajstić information content (AvgIpc) is 2.52. The molecule has 0 aliphatic carbocycles. The van der Waals surface area contributed by atoms with Crippen LogP contribution in [0.25, 0.3) is 0 Å². The first-order chi connectivity index (χ1) is 6.65. The summed E-state index contributed by atoms with van der Waals surface area (Å²) in [7, 11) is 1.91. The number of nitrogens with zero attached hydrogens (tertiary/aromatic N) is 2. The molecule has 0 saturated heterocycles. The van der Waals surface area contributed by atoms with Gasteiger partial charge in [0.25, 0.3) is 0 Å². The van der Waals surface area contributed by atoms with Crippen molar-refractivity contribution < 1.29 is 4.79 Å². The zero-order chi connectivity index (χ0) is 10.6. The molecule has 0 saturated carbocycles. The molecular formula is C9H16N4O. The molecule has 0 fully saturated rings. The van der Waals surface area contributed by atoms with Crippen molar-refractivity contribution in [3.63, 3.8) is 0 Å². The highest BCUT2D eigenvalue weighted by Gasteiger charge is 2.12.